The van der Waals surface area contributed by atoms with Crippen molar-refractivity contribution in [3.8, 4) is 0 Å². The van der Waals surface area contributed by atoms with Crippen LogP contribution in [0.3, 0.4) is 0 Å². The van der Waals surface area contributed by atoms with Gasteiger partial charge in [0, 0.05) is 6.42 Å². The maximum atomic E-state index is 12.4. The highest BCUT2D eigenvalue weighted by Gasteiger charge is 2.24. The van der Waals surface area contributed by atoms with Crippen molar-refractivity contribution < 1.29 is 14.3 Å². The Labute approximate surface area is 135 Å². The fraction of sp³-hybridized carbons (Fsp3) is 0.263. The predicted molar refractivity (Wildman–Crippen MR) is 88.5 cm³/mol. The summed E-state index contributed by atoms with van der Waals surface area (Å²) in [5, 5.41) is 2.84. The lowest BCUT2D eigenvalue weighted by molar-refractivity contribution is -0.116. The predicted octanol–water partition coefficient (Wildman–Crippen LogP) is 3.53. The van der Waals surface area contributed by atoms with E-state index in [4.69, 9.17) is 4.74 Å². The molecule has 1 atom stereocenters. The molecule has 1 aliphatic carbocycles. The van der Waals surface area contributed by atoms with Gasteiger partial charge in [0.25, 0.3) is 0 Å². The number of methoxy groups -OCH3 is 1. The van der Waals surface area contributed by atoms with Gasteiger partial charge in [-0.15, -0.1) is 0 Å². The molecule has 4 nitrogen and oxygen atoms in total. The molecule has 0 fully saturated rings. The van der Waals surface area contributed by atoms with Crippen molar-refractivity contribution >= 4 is 17.6 Å². The van der Waals surface area contributed by atoms with Crippen LogP contribution in [-0.4, -0.2) is 19.0 Å². The van der Waals surface area contributed by atoms with Crippen LogP contribution < -0.4 is 5.32 Å². The summed E-state index contributed by atoms with van der Waals surface area (Å²) in [7, 11) is 1.33. The average Bonchev–Trinajstić information content (AvgIpc) is 2.98. The lowest BCUT2D eigenvalue weighted by Crippen LogP contribution is -2.17. The molecule has 0 aromatic heterocycles. The first-order valence-electron chi connectivity index (χ1n) is 7.74. The van der Waals surface area contributed by atoms with Gasteiger partial charge in [0.1, 0.15) is 0 Å². The number of benzene rings is 2. The van der Waals surface area contributed by atoms with E-state index in [1.165, 1.54) is 18.2 Å². The Morgan fingerprint density at radius 3 is 2.70 bits per heavy atom. The van der Waals surface area contributed by atoms with E-state index in [2.05, 4.69) is 17.4 Å². The summed E-state index contributed by atoms with van der Waals surface area (Å²) in [5.74, 6) is -0.286. The van der Waals surface area contributed by atoms with Crippen molar-refractivity contribution in [1.29, 1.82) is 0 Å². The SMILES string of the molecule is COC(=O)c1ccccc1NC(=O)CC1CCc2ccccc21. The number of fused-ring (bicyclic) bond motifs is 1. The van der Waals surface area contributed by atoms with E-state index in [9.17, 15) is 9.59 Å². The van der Waals surface area contributed by atoms with Gasteiger partial charge >= 0.3 is 5.97 Å². The number of hydrogen-bond acceptors (Lipinski definition) is 3. The Bertz CT molecular complexity index is 739. The quantitative estimate of drug-likeness (QED) is 0.879. The third-order valence-corrected chi connectivity index (χ3v) is 4.30. The number of ether oxygens (including phenoxy) is 1. The van der Waals surface area contributed by atoms with Crippen molar-refractivity contribution in [3.05, 3.63) is 65.2 Å². The van der Waals surface area contributed by atoms with Crippen molar-refractivity contribution in [2.75, 3.05) is 12.4 Å². The van der Waals surface area contributed by atoms with E-state index in [-0.39, 0.29) is 11.8 Å². The summed E-state index contributed by atoms with van der Waals surface area (Å²) in [6.45, 7) is 0. The molecule has 118 valence electrons. The second-order valence-electron chi connectivity index (χ2n) is 5.72. The Morgan fingerprint density at radius 1 is 1.13 bits per heavy atom. The van der Waals surface area contributed by atoms with Gasteiger partial charge in [-0.25, -0.2) is 4.79 Å². The minimum Gasteiger partial charge on any atom is -0.465 e. The van der Waals surface area contributed by atoms with Crippen LogP contribution in [0, 0.1) is 0 Å². The molecule has 2 aromatic carbocycles. The third kappa shape index (κ3) is 3.26. The van der Waals surface area contributed by atoms with E-state index in [0.717, 1.165) is 12.8 Å². The van der Waals surface area contributed by atoms with Gasteiger partial charge in [0.05, 0.1) is 18.4 Å². The lowest BCUT2D eigenvalue weighted by atomic mass is 9.97. The van der Waals surface area contributed by atoms with Gasteiger partial charge in [0.15, 0.2) is 0 Å². The van der Waals surface area contributed by atoms with Crippen LogP contribution in [0.25, 0.3) is 0 Å². The molecule has 1 amide bonds. The maximum Gasteiger partial charge on any atom is 0.339 e. The monoisotopic (exact) mass is 309 g/mol. The molecule has 2 aromatic rings. The van der Waals surface area contributed by atoms with Crippen molar-refractivity contribution in [2.24, 2.45) is 0 Å². The molecule has 0 saturated heterocycles. The minimum atomic E-state index is -0.452. The van der Waals surface area contributed by atoms with Crippen LogP contribution in [-0.2, 0) is 16.0 Å². The fourth-order valence-corrected chi connectivity index (χ4v) is 3.16. The van der Waals surface area contributed by atoms with Gasteiger partial charge in [0.2, 0.25) is 5.91 Å². The first-order valence-corrected chi connectivity index (χ1v) is 7.74. The molecule has 0 saturated carbocycles. The van der Waals surface area contributed by atoms with E-state index in [1.807, 2.05) is 12.1 Å². The Balaban J connectivity index is 1.71. The molecule has 23 heavy (non-hydrogen) atoms. The average molecular weight is 309 g/mol. The molecule has 1 aliphatic rings. The molecule has 0 spiro atoms. The van der Waals surface area contributed by atoms with Gasteiger partial charge in [-0.1, -0.05) is 36.4 Å². The maximum absolute atomic E-state index is 12.4. The number of rotatable bonds is 4. The fourth-order valence-electron chi connectivity index (χ4n) is 3.16. The number of carbonyl (C=O) groups excluding carboxylic acids is 2. The van der Waals surface area contributed by atoms with E-state index in [1.54, 1.807) is 24.3 Å². The first kappa shape index (κ1) is 15.3. The summed E-state index contributed by atoms with van der Waals surface area (Å²) in [4.78, 5) is 24.1. The third-order valence-electron chi connectivity index (χ3n) is 4.30. The molecular weight excluding hydrogens is 290 g/mol. The van der Waals surface area contributed by atoms with Gasteiger partial charge in [-0.3, -0.25) is 4.79 Å². The van der Waals surface area contributed by atoms with Crippen molar-refractivity contribution in [2.45, 2.75) is 25.2 Å². The molecule has 4 heteroatoms. The topological polar surface area (TPSA) is 55.4 Å². The molecule has 1 unspecified atom stereocenters. The standard InChI is InChI=1S/C19H19NO3/c1-23-19(22)16-8-4-5-9-17(16)20-18(21)12-14-11-10-13-6-2-3-7-15(13)14/h2-9,14H,10-12H2,1H3,(H,20,21). The van der Waals surface area contributed by atoms with Crippen LogP contribution in [0.2, 0.25) is 0 Å². The highest BCUT2D eigenvalue weighted by molar-refractivity contribution is 6.01. The molecule has 0 radical (unpaired) electrons. The zero-order chi connectivity index (χ0) is 16.2. The normalized spacial score (nSPS) is 15.8. The number of nitrogens with one attached hydrogen (secondary N) is 1. The van der Waals surface area contributed by atoms with Crippen LogP contribution in [0.1, 0.15) is 40.2 Å². The molecule has 0 bridgehead atoms. The van der Waals surface area contributed by atoms with Crippen LogP contribution in [0.5, 0.6) is 0 Å². The zero-order valence-corrected chi connectivity index (χ0v) is 13.0. The van der Waals surface area contributed by atoms with E-state index in [0.29, 0.717) is 17.7 Å². The summed E-state index contributed by atoms with van der Waals surface area (Å²) < 4.78 is 4.75. The summed E-state index contributed by atoms with van der Waals surface area (Å²) in [6, 6.07) is 15.2. The summed E-state index contributed by atoms with van der Waals surface area (Å²) in [6.07, 6.45) is 2.44. The van der Waals surface area contributed by atoms with Crippen molar-refractivity contribution in [3.63, 3.8) is 0 Å². The molecular formula is C19H19NO3. The number of esters is 1. The molecule has 3 rings (SSSR count). The zero-order valence-electron chi connectivity index (χ0n) is 13.0. The number of aryl methyl sites for hydroxylation is 1. The number of carbonyl (C=O) groups is 2. The second-order valence-corrected chi connectivity index (χ2v) is 5.72. The number of hydrogen-bond donors (Lipinski definition) is 1. The summed E-state index contributed by atoms with van der Waals surface area (Å²) in [5.41, 5.74) is 3.47. The van der Waals surface area contributed by atoms with Crippen molar-refractivity contribution in [1.82, 2.24) is 0 Å². The van der Waals surface area contributed by atoms with Crippen LogP contribution >= 0.6 is 0 Å². The highest BCUT2D eigenvalue weighted by atomic mass is 16.5. The lowest BCUT2D eigenvalue weighted by Gasteiger charge is -2.13. The van der Waals surface area contributed by atoms with E-state index < -0.39 is 5.97 Å². The summed E-state index contributed by atoms with van der Waals surface area (Å²) >= 11 is 0. The molecule has 1 N–H and O–H groups in total. The minimum absolute atomic E-state index is 0.0805. The smallest absolute Gasteiger partial charge is 0.339 e. The van der Waals surface area contributed by atoms with E-state index >= 15 is 0 Å². The van der Waals surface area contributed by atoms with Gasteiger partial charge in [-0.05, 0) is 42.0 Å². The molecule has 0 heterocycles. The highest BCUT2D eigenvalue weighted by Crippen LogP contribution is 2.35. The second kappa shape index (κ2) is 6.65. The molecule has 0 aliphatic heterocycles. The Kier molecular flexibility index (Phi) is 4.42. The Morgan fingerprint density at radius 2 is 1.87 bits per heavy atom. The Hall–Kier alpha value is -2.62. The van der Waals surface area contributed by atoms with Crippen LogP contribution in [0.4, 0.5) is 5.69 Å². The first-order chi connectivity index (χ1) is 11.2. The van der Waals surface area contributed by atoms with Gasteiger partial charge in [-0.2, -0.15) is 0 Å². The van der Waals surface area contributed by atoms with Crippen LogP contribution in [0.15, 0.2) is 48.5 Å². The number of anilines is 1. The largest absolute Gasteiger partial charge is 0.465 e. The van der Waals surface area contributed by atoms with Gasteiger partial charge < -0.3 is 10.1 Å². The number of amides is 1. The number of para-hydroxylation sites is 1.